The van der Waals surface area contributed by atoms with Crippen molar-refractivity contribution < 1.29 is 13.2 Å². The van der Waals surface area contributed by atoms with E-state index < -0.39 is 11.7 Å². The highest BCUT2D eigenvalue weighted by Crippen LogP contribution is 2.61. The number of piperidine rings is 1. The van der Waals surface area contributed by atoms with Gasteiger partial charge >= 0.3 is 6.18 Å². The Balaban J connectivity index is 1.82. The number of nitrogens with zero attached hydrogens (tertiary/aromatic N) is 1. The highest BCUT2D eigenvalue weighted by atomic mass is 32.2. The standard InChI is InChI=1S/C20H20F3NS/c1-24-11-9-19(10-12-24)17-8-7-15(20(21,22)23)13-16(17)18(25-19)14-5-3-2-4-6-14/h2-8,13,18H,9-12H2,1H3. The van der Waals surface area contributed by atoms with Crippen molar-refractivity contribution in [2.75, 3.05) is 20.1 Å². The van der Waals surface area contributed by atoms with Crippen LogP contribution in [0.1, 0.15) is 40.3 Å². The maximum absolute atomic E-state index is 13.3. The minimum Gasteiger partial charge on any atom is -0.306 e. The molecule has 0 amide bonds. The lowest BCUT2D eigenvalue weighted by Crippen LogP contribution is -2.37. The van der Waals surface area contributed by atoms with E-state index in [4.69, 9.17) is 0 Å². The Hall–Kier alpha value is -1.46. The Morgan fingerprint density at radius 2 is 1.72 bits per heavy atom. The Morgan fingerprint density at radius 3 is 2.36 bits per heavy atom. The number of thioether (sulfide) groups is 1. The molecule has 0 aromatic heterocycles. The molecule has 2 aliphatic heterocycles. The molecule has 4 rings (SSSR count). The second kappa shape index (κ2) is 6.06. The van der Waals surface area contributed by atoms with Crippen molar-refractivity contribution in [1.82, 2.24) is 4.90 Å². The molecule has 2 aromatic carbocycles. The summed E-state index contributed by atoms with van der Waals surface area (Å²) in [6.07, 6.45) is -2.34. The van der Waals surface area contributed by atoms with Gasteiger partial charge in [-0.15, -0.1) is 11.8 Å². The van der Waals surface area contributed by atoms with E-state index in [1.807, 2.05) is 42.1 Å². The van der Waals surface area contributed by atoms with Crippen molar-refractivity contribution in [3.8, 4) is 0 Å². The molecule has 1 nitrogen and oxygen atoms in total. The minimum absolute atomic E-state index is 0.0260. The number of rotatable bonds is 1. The lowest BCUT2D eigenvalue weighted by molar-refractivity contribution is -0.137. The normalized spacial score (nSPS) is 23.0. The SMILES string of the molecule is CN1CCC2(CC1)SC(c1ccccc1)c1cc(C(F)(F)F)ccc12. The molecule has 1 unspecified atom stereocenters. The van der Waals surface area contributed by atoms with E-state index in [1.165, 1.54) is 12.1 Å². The molecule has 25 heavy (non-hydrogen) atoms. The first-order chi connectivity index (χ1) is 11.9. The summed E-state index contributed by atoms with van der Waals surface area (Å²) in [5.41, 5.74) is 2.49. The van der Waals surface area contributed by atoms with Crippen LogP contribution < -0.4 is 0 Å². The van der Waals surface area contributed by atoms with Gasteiger partial charge in [0.2, 0.25) is 0 Å². The van der Waals surface area contributed by atoms with Crippen LogP contribution in [0.2, 0.25) is 0 Å². The molecule has 1 spiro atoms. The van der Waals surface area contributed by atoms with Gasteiger partial charge < -0.3 is 4.90 Å². The molecule has 132 valence electrons. The third kappa shape index (κ3) is 2.97. The van der Waals surface area contributed by atoms with Gasteiger partial charge in [-0.05, 0) is 61.8 Å². The molecule has 2 aliphatic rings. The quantitative estimate of drug-likeness (QED) is 0.662. The van der Waals surface area contributed by atoms with Crippen LogP contribution in [0.25, 0.3) is 0 Å². The van der Waals surface area contributed by atoms with E-state index in [0.717, 1.165) is 42.6 Å². The van der Waals surface area contributed by atoms with E-state index in [1.54, 1.807) is 6.07 Å². The highest BCUT2D eigenvalue weighted by molar-refractivity contribution is 8.01. The predicted molar refractivity (Wildman–Crippen MR) is 95.7 cm³/mol. The number of likely N-dealkylation sites (tertiary alicyclic amines) is 1. The van der Waals surface area contributed by atoms with Crippen LogP contribution in [0.4, 0.5) is 13.2 Å². The Bertz CT molecular complexity index is 764. The summed E-state index contributed by atoms with van der Waals surface area (Å²) in [7, 11) is 2.11. The zero-order chi connectivity index (χ0) is 17.7. The molecule has 1 saturated heterocycles. The van der Waals surface area contributed by atoms with E-state index in [9.17, 15) is 13.2 Å². The third-order valence-electron chi connectivity index (χ3n) is 5.39. The van der Waals surface area contributed by atoms with Crippen molar-refractivity contribution in [2.24, 2.45) is 0 Å². The number of halogens is 3. The second-order valence-corrected chi connectivity index (χ2v) is 8.49. The van der Waals surface area contributed by atoms with Crippen LogP contribution in [-0.2, 0) is 10.9 Å². The average molecular weight is 363 g/mol. The van der Waals surface area contributed by atoms with E-state index in [0.29, 0.717) is 0 Å². The lowest BCUT2D eigenvalue weighted by atomic mass is 9.84. The van der Waals surface area contributed by atoms with E-state index >= 15 is 0 Å². The van der Waals surface area contributed by atoms with E-state index in [-0.39, 0.29) is 10.00 Å². The number of alkyl halides is 3. The maximum Gasteiger partial charge on any atom is 0.416 e. The van der Waals surface area contributed by atoms with Gasteiger partial charge in [0.1, 0.15) is 0 Å². The van der Waals surface area contributed by atoms with Crippen LogP contribution in [0.15, 0.2) is 48.5 Å². The fourth-order valence-corrected chi connectivity index (χ4v) is 5.76. The monoisotopic (exact) mass is 363 g/mol. The average Bonchev–Trinajstić information content (AvgIpc) is 2.92. The summed E-state index contributed by atoms with van der Waals surface area (Å²) in [6, 6.07) is 14.3. The fourth-order valence-electron chi connectivity index (χ4n) is 3.97. The van der Waals surface area contributed by atoms with Crippen molar-refractivity contribution in [3.05, 3.63) is 70.8 Å². The number of hydrogen-bond acceptors (Lipinski definition) is 2. The van der Waals surface area contributed by atoms with Crippen molar-refractivity contribution in [3.63, 3.8) is 0 Å². The van der Waals surface area contributed by atoms with Gasteiger partial charge in [-0.25, -0.2) is 0 Å². The molecule has 2 aromatic rings. The molecule has 1 atom stereocenters. The fraction of sp³-hybridized carbons (Fsp3) is 0.400. The minimum atomic E-state index is -4.30. The molecular formula is C20H20F3NS. The van der Waals surface area contributed by atoms with Crippen LogP contribution in [0.3, 0.4) is 0 Å². The first-order valence-electron chi connectivity index (χ1n) is 8.52. The zero-order valence-electron chi connectivity index (χ0n) is 14.0. The summed E-state index contributed by atoms with van der Waals surface area (Å²) >= 11 is 1.84. The summed E-state index contributed by atoms with van der Waals surface area (Å²) in [5, 5.41) is -0.0260. The first kappa shape index (κ1) is 17.0. The Kier molecular flexibility index (Phi) is 4.12. The van der Waals surface area contributed by atoms with Crippen molar-refractivity contribution in [1.29, 1.82) is 0 Å². The van der Waals surface area contributed by atoms with Gasteiger partial charge in [-0.2, -0.15) is 13.2 Å². The molecule has 5 heteroatoms. The molecule has 2 heterocycles. The third-order valence-corrected chi connectivity index (χ3v) is 7.23. The maximum atomic E-state index is 13.3. The molecule has 0 aliphatic carbocycles. The Morgan fingerprint density at radius 1 is 1.04 bits per heavy atom. The topological polar surface area (TPSA) is 3.24 Å². The van der Waals surface area contributed by atoms with Crippen molar-refractivity contribution >= 4 is 11.8 Å². The summed E-state index contributed by atoms with van der Waals surface area (Å²) in [6.45, 7) is 1.96. The van der Waals surface area contributed by atoms with Gasteiger partial charge in [0, 0.05) is 4.75 Å². The number of fused-ring (bicyclic) bond motifs is 2. The number of benzene rings is 2. The molecular weight excluding hydrogens is 343 g/mol. The summed E-state index contributed by atoms with van der Waals surface area (Å²) in [4.78, 5) is 2.30. The van der Waals surface area contributed by atoms with Gasteiger partial charge in [-0.3, -0.25) is 0 Å². The van der Waals surface area contributed by atoms with Gasteiger partial charge in [0.15, 0.2) is 0 Å². The molecule has 0 bridgehead atoms. The van der Waals surface area contributed by atoms with Crippen LogP contribution in [0.5, 0.6) is 0 Å². The van der Waals surface area contributed by atoms with Crippen molar-refractivity contribution in [2.45, 2.75) is 29.0 Å². The van der Waals surface area contributed by atoms with Gasteiger partial charge in [0.25, 0.3) is 0 Å². The molecule has 1 fully saturated rings. The summed E-state index contributed by atoms with van der Waals surface area (Å²) in [5.74, 6) is 0. The van der Waals surface area contributed by atoms with Gasteiger partial charge in [0.05, 0.1) is 10.8 Å². The van der Waals surface area contributed by atoms with E-state index in [2.05, 4.69) is 11.9 Å². The molecule has 0 N–H and O–H groups in total. The first-order valence-corrected chi connectivity index (χ1v) is 9.40. The smallest absolute Gasteiger partial charge is 0.306 e. The molecule has 0 radical (unpaired) electrons. The predicted octanol–water partition coefficient (Wildman–Crippen LogP) is 5.46. The van der Waals surface area contributed by atoms with Crippen LogP contribution in [0, 0.1) is 0 Å². The second-order valence-electron chi connectivity index (χ2n) is 7.01. The van der Waals surface area contributed by atoms with Gasteiger partial charge in [-0.1, -0.05) is 36.4 Å². The molecule has 0 saturated carbocycles. The van der Waals surface area contributed by atoms with Crippen LogP contribution in [-0.4, -0.2) is 25.0 Å². The van der Waals surface area contributed by atoms with Crippen LogP contribution >= 0.6 is 11.8 Å². The highest BCUT2D eigenvalue weighted by Gasteiger charge is 2.47. The summed E-state index contributed by atoms with van der Waals surface area (Å²) < 4.78 is 39.7. The lowest BCUT2D eigenvalue weighted by Gasteiger charge is -2.38. The largest absolute Gasteiger partial charge is 0.416 e. The number of hydrogen-bond donors (Lipinski definition) is 0. The Labute approximate surface area is 150 Å². The zero-order valence-corrected chi connectivity index (χ0v) is 14.8.